The first-order valence-corrected chi connectivity index (χ1v) is 8.67. The molecule has 6 heteroatoms. The number of amides is 1. The number of nitrogens with one attached hydrogen (secondary N) is 1. The third-order valence-corrected chi connectivity index (χ3v) is 4.82. The quantitative estimate of drug-likeness (QED) is 0.845. The summed E-state index contributed by atoms with van der Waals surface area (Å²) in [6, 6.07) is 8.00. The highest BCUT2D eigenvalue weighted by molar-refractivity contribution is 5.94. The number of para-hydroxylation sites is 1. The Morgan fingerprint density at radius 2 is 2.00 bits per heavy atom. The fraction of sp³-hybridized carbons (Fsp3) is 0.421. The molecule has 0 aliphatic heterocycles. The standard InChI is InChI=1S/C19H23N3O3/c1-3-6-17-15(21-18(23)13-9-14(10-13)19(24)25)11-20-22(17)16-8-5-4-7-12(16)2/h4-5,7-8,11,13-14H,3,6,9-10H2,1-2H3,(H,21,23)(H,24,25). The highest BCUT2D eigenvalue weighted by atomic mass is 16.4. The Balaban J connectivity index is 1.79. The summed E-state index contributed by atoms with van der Waals surface area (Å²) in [7, 11) is 0. The largest absolute Gasteiger partial charge is 0.481 e. The predicted octanol–water partition coefficient (Wildman–Crippen LogP) is 3.18. The van der Waals surface area contributed by atoms with Gasteiger partial charge in [0.05, 0.1) is 29.2 Å². The molecular weight excluding hydrogens is 318 g/mol. The number of benzene rings is 1. The Labute approximate surface area is 146 Å². The minimum atomic E-state index is -0.817. The lowest BCUT2D eigenvalue weighted by molar-refractivity contribution is -0.147. The van der Waals surface area contributed by atoms with E-state index in [0.29, 0.717) is 18.5 Å². The van der Waals surface area contributed by atoms with Gasteiger partial charge in [-0.3, -0.25) is 9.59 Å². The maximum atomic E-state index is 12.4. The smallest absolute Gasteiger partial charge is 0.306 e. The zero-order valence-corrected chi connectivity index (χ0v) is 14.5. The van der Waals surface area contributed by atoms with Crippen LogP contribution < -0.4 is 5.32 Å². The van der Waals surface area contributed by atoms with E-state index in [1.54, 1.807) is 6.20 Å². The van der Waals surface area contributed by atoms with E-state index in [-0.39, 0.29) is 17.7 Å². The fourth-order valence-electron chi connectivity index (χ4n) is 3.23. The molecule has 1 aliphatic carbocycles. The number of carbonyl (C=O) groups excluding carboxylic acids is 1. The molecule has 0 atom stereocenters. The summed E-state index contributed by atoms with van der Waals surface area (Å²) in [5, 5.41) is 16.4. The number of carboxylic acids is 1. The molecule has 1 saturated carbocycles. The average molecular weight is 341 g/mol. The summed E-state index contributed by atoms with van der Waals surface area (Å²) in [5.41, 5.74) is 3.80. The third-order valence-electron chi connectivity index (χ3n) is 4.82. The molecule has 3 rings (SSSR count). The molecule has 132 valence electrons. The molecule has 1 amide bonds. The molecule has 2 N–H and O–H groups in total. The Morgan fingerprint density at radius 1 is 1.28 bits per heavy atom. The molecule has 1 aliphatic rings. The SMILES string of the molecule is CCCc1c(NC(=O)C2CC(C(=O)O)C2)cnn1-c1ccccc1C. The normalized spacial score (nSPS) is 19.3. The minimum absolute atomic E-state index is 0.112. The number of anilines is 1. The molecule has 2 aromatic rings. The Kier molecular flexibility index (Phi) is 4.88. The van der Waals surface area contributed by atoms with E-state index in [1.807, 2.05) is 35.9 Å². The van der Waals surface area contributed by atoms with Crippen molar-refractivity contribution in [2.45, 2.75) is 39.5 Å². The van der Waals surface area contributed by atoms with Crippen molar-refractivity contribution in [1.29, 1.82) is 0 Å². The van der Waals surface area contributed by atoms with Gasteiger partial charge in [0.2, 0.25) is 5.91 Å². The highest BCUT2D eigenvalue weighted by Gasteiger charge is 2.39. The summed E-state index contributed by atoms with van der Waals surface area (Å²) < 4.78 is 1.88. The van der Waals surface area contributed by atoms with Crippen molar-refractivity contribution >= 4 is 17.6 Å². The molecular formula is C19H23N3O3. The number of hydrogen-bond donors (Lipinski definition) is 2. The zero-order valence-electron chi connectivity index (χ0n) is 14.5. The molecule has 25 heavy (non-hydrogen) atoms. The van der Waals surface area contributed by atoms with Gasteiger partial charge in [0.15, 0.2) is 0 Å². The van der Waals surface area contributed by atoms with Gasteiger partial charge in [-0.1, -0.05) is 31.5 Å². The van der Waals surface area contributed by atoms with Crippen LogP contribution in [-0.4, -0.2) is 26.8 Å². The van der Waals surface area contributed by atoms with E-state index >= 15 is 0 Å². The van der Waals surface area contributed by atoms with Crippen LogP contribution in [0.3, 0.4) is 0 Å². The Bertz CT molecular complexity index is 791. The van der Waals surface area contributed by atoms with Gasteiger partial charge in [-0.05, 0) is 37.8 Å². The van der Waals surface area contributed by atoms with E-state index < -0.39 is 5.97 Å². The molecule has 6 nitrogen and oxygen atoms in total. The van der Waals surface area contributed by atoms with Gasteiger partial charge in [-0.2, -0.15) is 5.10 Å². The van der Waals surface area contributed by atoms with E-state index in [4.69, 9.17) is 5.11 Å². The summed E-state index contributed by atoms with van der Waals surface area (Å²) in [6.45, 7) is 4.12. The van der Waals surface area contributed by atoms with E-state index in [9.17, 15) is 9.59 Å². The van der Waals surface area contributed by atoms with Gasteiger partial charge in [0.25, 0.3) is 0 Å². The lowest BCUT2D eigenvalue weighted by Crippen LogP contribution is -2.38. The van der Waals surface area contributed by atoms with Crippen molar-refractivity contribution in [2.24, 2.45) is 11.8 Å². The van der Waals surface area contributed by atoms with Crippen LogP contribution in [0.25, 0.3) is 5.69 Å². The minimum Gasteiger partial charge on any atom is -0.481 e. The Hall–Kier alpha value is -2.63. The number of aromatic nitrogens is 2. The predicted molar refractivity (Wildman–Crippen MR) is 94.8 cm³/mol. The molecule has 1 fully saturated rings. The van der Waals surface area contributed by atoms with Gasteiger partial charge in [-0.15, -0.1) is 0 Å². The van der Waals surface area contributed by atoms with Crippen LogP contribution in [0.2, 0.25) is 0 Å². The van der Waals surface area contributed by atoms with Crippen LogP contribution in [0.5, 0.6) is 0 Å². The third kappa shape index (κ3) is 3.43. The monoisotopic (exact) mass is 341 g/mol. The molecule has 0 spiro atoms. The number of aliphatic carboxylic acids is 1. The van der Waals surface area contributed by atoms with Crippen LogP contribution in [-0.2, 0) is 16.0 Å². The maximum absolute atomic E-state index is 12.4. The number of hydrogen-bond acceptors (Lipinski definition) is 3. The molecule has 0 bridgehead atoms. The van der Waals surface area contributed by atoms with Gasteiger partial charge >= 0.3 is 5.97 Å². The number of carbonyl (C=O) groups is 2. The Morgan fingerprint density at radius 3 is 2.64 bits per heavy atom. The zero-order chi connectivity index (χ0) is 18.0. The second-order valence-electron chi connectivity index (χ2n) is 6.65. The van der Waals surface area contributed by atoms with Gasteiger partial charge in [-0.25, -0.2) is 4.68 Å². The lowest BCUT2D eigenvalue weighted by Gasteiger charge is -2.30. The second-order valence-corrected chi connectivity index (χ2v) is 6.65. The summed E-state index contributed by atoms with van der Waals surface area (Å²) in [5.74, 6) is -1.54. The molecule has 0 saturated heterocycles. The van der Waals surface area contributed by atoms with Crippen molar-refractivity contribution in [3.8, 4) is 5.69 Å². The molecule has 0 unspecified atom stereocenters. The van der Waals surface area contributed by atoms with Crippen LogP contribution >= 0.6 is 0 Å². The van der Waals surface area contributed by atoms with Crippen LogP contribution in [0.1, 0.15) is 37.4 Å². The second kappa shape index (κ2) is 7.09. The van der Waals surface area contributed by atoms with Crippen molar-refractivity contribution in [2.75, 3.05) is 5.32 Å². The van der Waals surface area contributed by atoms with Gasteiger partial charge < -0.3 is 10.4 Å². The lowest BCUT2D eigenvalue weighted by atomic mass is 9.74. The number of carboxylic acid groups (broad SMARTS) is 1. The summed E-state index contributed by atoms with van der Waals surface area (Å²) in [6.07, 6.45) is 4.24. The first-order chi connectivity index (χ1) is 12.0. The summed E-state index contributed by atoms with van der Waals surface area (Å²) in [4.78, 5) is 23.3. The maximum Gasteiger partial charge on any atom is 0.306 e. The molecule has 1 heterocycles. The van der Waals surface area contributed by atoms with Crippen molar-refractivity contribution in [3.63, 3.8) is 0 Å². The fourth-order valence-corrected chi connectivity index (χ4v) is 3.23. The van der Waals surface area contributed by atoms with Gasteiger partial charge in [0.1, 0.15) is 0 Å². The van der Waals surface area contributed by atoms with E-state index in [0.717, 1.165) is 29.8 Å². The van der Waals surface area contributed by atoms with E-state index in [1.165, 1.54) is 0 Å². The number of rotatable bonds is 6. The number of nitrogens with zero attached hydrogens (tertiary/aromatic N) is 2. The average Bonchev–Trinajstić information content (AvgIpc) is 2.89. The van der Waals surface area contributed by atoms with Crippen molar-refractivity contribution < 1.29 is 14.7 Å². The van der Waals surface area contributed by atoms with Crippen LogP contribution in [0, 0.1) is 18.8 Å². The molecule has 1 aromatic carbocycles. The van der Waals surface area contributed by atoms with Crippen LogP contribution in [0.4, 0.5) is 5.69 Å². The topological polar surface area (TPSA) is 84.2 Å². The molecule has 0 radical (unpaired) electrons. The van der Waals surface area contributed by atoms with Crippen LogP contribution in [0.15, 0.2) is 30.5 Å². The van der Waals surface area contributed by atoms with Crippen molar-refractivity contribution in [3.05, 3.63) is 41.7 Å². The van der Waals surface area contributed by atoms with E-state index in [2.05, 4.69) is 17.3 Å². The number of aryl methyl sites for hydroxylation is 1. The molecule has 1 aromatic heterocycles. The highest BCUT2D eigenvalue weighted by Crippen LogP contribution is 2.35. The first kappa shape index (κ1) is 17.2. The first-order valence-electron chi connectivity index (χ1n) is 8.67. The van der Waals surface area contributed by atoms with Crippen molar-refractivity contribution in [1.82, 2.24) is 9.78 Å². The summed E-state index contributed by atoms with van der Waals surface area (Å²) >= 11 is 0. The van der Waals surface area contributed by atoms with Gasteiger partial charge in [0, 0.05) is 5.92 Å².